The van der Waals surface area contributed by atoms with E-state index in [0.717, 1.165) is 19.4 Å². The Morgan fingerprint density at radius 1 is 1.55 bits per heavy atom. The van der Waals surface area contributed by atoms with Crippen molar-refractivity contribution in [1.82, 2.24) is 10.6 Å². The molecule has 2 rings (SSSR count). The molecule has 4 nitrogen and oxygen atoms in total. The Balaban J connectivity index is 2.06. The lowest BCUT2D eigenvalue weighted by atomic mass is 9.99. The topological polar surface area (TPSA) is 50.4 Å². The quantitative estimate of drug-likeness (QED) is 0.809. The largest absolute Gasteiger partial charge is 0.489 e. The molecule has 0 radical (unpaired) electrons. The fourth-order valence-electron chi connectivity index (χ4n) is 2.42. The normalized spacial score (nSPS) is 22.1. The molecule has 1 saturated heterocycles. The monoisotopic (exact) mass is 274 g/mol. The van der Waals surface area contributed by atoms with Crippen molar-refractivity contribution >= 4 is 5.91 Å². The maximum absolute atomic E-state index is 12.4. The van der Waals surface area contributed by atoms with Crippen molar-refractivity contribution in [2.45, 2.75) is 31.8 Å². The van der Waals surface area contributed by atoms with E-state index >= 15 is 0 Å². The van der Waals surface area contributed by atoms with Crippen LogP contribution in [0.15, 0.2) is 36.9 Å². The van der Waals surface area contributed by atoms with E-state index in [1.165, 1.54) is 0 Å². The van der Waals surface area contributed by atoms with Crippen LogP contribution >= 0.6 is 0 Å². The predicted octanol–water partition coefficient (Wildman–Crippen LogP) is 2.12. The van der Waals surface area contributed by atoms with Crippen molar-refractivity contribution in [3.8, 4) is 5.75 Å². The van der Waals surface area contributed by atoms with E-state index in [-0.39, 0.29) is 11.9 Å². The first-order valence-electron chi connectivity index (χ1n) is 7.09. The summed E-state index contributed by atoms with van der Waals surface area (Å²) >= 11 is 0. The van der Waals surface area contributed by atoms with Gasteiger partial charge in [-0.1, -0.05) is 24.8 Å². The van der Waals surface area contributed by atoms with E-state index in [4.69, 9.17) is 4.74 Å². The van der Waals surface area contributed by atoms with Crippen molar-refractivity contribution in [2.75, 3.05) is 13.2 Å². The minimum atomic E-state index is -0.0785. The zero-order valence-corrected chi connectivity index (χ0v) is 11.9. The molecule has 1 heterocycles. The molecule has 2 N–H and O–H groups in total. The molecule has 1 aliphatic heterocycles. The summed E-state index contributed by atoms with van der Waals surface area (Å²) in [4.78, 5) is 12.4. The lowest BCUT2D eigenvalue weighted by Gasteiger charge is -2.30. The second-order valence-corrected chi connectivity index (χ2v) is 5.06. The third kappa shape index (κ3) is 3.61. The van der Waals surface area contributed by atoms with Gasteiger partial charge >= 0.3 is 0 Å². The molecule has 20 heavy (non-hydrogen) atoms. The van der Waals surface area contributed by atoms with E-state index in [2.05, 4.69) is 24.1 Å². The number of amides is 1. The molecule has 2 unspecified atom stereocenters. The van der Waals surface area contributed by atoms with Crippen LogP contribution in [-0.4, -0.2) is 31.1 Å². The predicted molar refractivity (Wildman–Crippen MR) is 80.1 cm³/mol. The molecule has 1 fully saturated rings. The average Bonchev–Trinajstić information content (AvgIpc) is 2.47. The van der Waals surface area contributed by atoms with Crippen molar-refractivity contribution < 1.29 is 9.53 Å². The van der Waals surface area contributed by atoms with Crippen LogP contribution < -0.4 is 15.4 Å². The molecule has 1 aromatic carbocycles. The van der Waals surface area contributed by atoms with Crippen molar-refractivity contribution in [2.24, 2.45) is 0 Å². The molecule has 0 aromatic heterocycles. The summed E-state index contributed by atoms with van der Waals surface area (Å²) in [6.45, 7) is 7.14. The number of para-hydroxylation sites is 1. The summed E-state index contributed by atoms with van der Waals surface area (Å²) in [5, 5.41) is 6.47. The van der Waals surface area contributed by atoms with Gasteiger partial charge in [0, 0.05) is 12.1 Å². The summed E-state index contributed by atoms with van der Waals surface area (Å²) in [5.41, 5.74) is 0.576. The van der Waals surface area contributed by atoms with Crippen LogP contribution in [-0.2, 0) is 0 Å². The smallest absolute Gasteiger partial charge is 0.255 e. The Morgan fingerprint density at radius 2 is 2.35 bits per heavy atom. The minimum Gasteiger partial charge on any atom is -0.489 e. The Labute approximate surface area is 120 Å². The van der Waals surface area contributed by atoms with Gasteiger partial charge in [0.1, 0.15) is 12.4 Å². The van der Waals surface area contributed by atoms with Crippen LogP contribution in [0.5, 0.6) is 5.75 Å². The Morgan fingerprint density at radius 3 is 3.10 bits per heavy atom. The Kier molecular flexibility index (Phi) is 5.18. The van der Waals surface area contributed by atoms with E-state index in [1.807, 2.05) is 12.1 Å². The van der Waals surface area contributed by atoms with Crippen LogP contribution in [0.4, 0.5) is 0 Å². The highest BCUT2D eigenvalue weighted by Gasteiger charge is 2.23. The van der Waals surface area contributed by atoms with Gasteiger partial charge in [0.25, 0.3) is 5.91 Å². The second-order valence-electron chi connectivity index (χ2n) is 5.06. The molecule has 4 heteroatoms. The van der Waals surface area contributed by atoms with E-state index in [9.17, 15) is 4.79 Å². The van der Waals surface area contributed by atoms with E-state index < -0.39 is 0 Å². The van der Waals surface area contributed by atoms with Crippen LogP contribution in [0.3, 0.4) is 0 Å². The first-order chi connectivity index (χ1) is 9.72. The van der Waals surface area contributed by atoms with E-state index in [1.54, 1.807) is 18.2 Å². The number of hydrogen-bond acceptors (Lipinski definition) is 3. The molecule has 0 aliphatic carbocycles. The SMILES string of the molecule is C=CCOc1ccccc1C(=O)NC1CCCNC1C. The molecule has 2 atom stereocenters. The first kappa shape index (κ1) is 14.6. The maximum Gasteiger partial charge on any atom is 0.255 e. The number of carbonyl (C=O) groups excluding carboxylic acids is 1. The van der Waals surface area contributed by atoms with Crippen LogP contribution in [0.2, 0.25) is 0 Å². The number of benzene rings is 1. The molecule has 108 valence electrons. The second kappa shape index (κ2) is 7.10. The summed E-state index contributed by atoms with van der Waals surface area (Å²) in [6.07, 6.45) is 3.77. The fourth-order valence-corrected chi connectivity index (χ4v) is 2.42. The van der Waals surface area contributed by atoms with Gasteiger partial charge in [-0.05, 0) is 38.4 Å². The molecular formula is C16H22N2O2. The fraction of sp³-hybridized carbons (Fsp3) is 0.438. The van der Waals surface area contributed by atoms with Gasteiger partial charge in [-0.15, -0.1) is 0 Å². The van der Waals surface area contributed by atoms with Crippen LogP contribution in [0, 0.1) is 0 Å². The summed E-state index contributed by atoms with van der Waals surface area (Å²) in [7, 11) is 0. The highest BCUT2D eigenvalue weighted by Crippen LogP contribution is 2.19. The number of carbonyl (C=O) groups is 1. The third-order valence-electron chi connectivity index (χ3n) is 3.57. The first-order valence-corrected chi connectivity index (χ1v) is 7.09. The molecule has 0 bridgehead atoms. The maximum atomic E-state index is 12.4. The number of hydrogen-bond donors (Lipinski definition) is 2. The van der Waals surface area contributed by atoms with Gasteiger partial charge < -0.3 is 15.4 Å². The lowest BCUT2D eigenvalue weighted by molar-refractivity contribution is 0.0916. The molecular weight excluding hydrogens is 252 g/mol. The standard InChI is InChI=1S/C16H22N2O2/c1-3-11-20-15-9-5-4-7-13(15)16(19)18-14-8-6-10-17-12(14)2/h3-5,7,9,12,14,17H,1,6,8,10-11H2,2H3,(H,18,19). The molecule has 1 amide bonds. The third-order valence-corrected chi connectivity index (χ3v) is 3.57. The van der Waals surface area contributed by atoms with Gasteiger partial charge in [0.05, 0.1) is 5.56 Å². The van der Waals surface area contributed by atoms with Crippen LogP contribution in [0.25, 0.3) is 0 Å². The zero-order chi connectivity index (χ0) is 14.4. The molecule has 0 spiro atoms. The van der Waals surface area contributed by atoms with Crippen LogP contribution in [0.1, 0.15) is 30.1 Å². The van der Waals surface area contributed by atoms with Gasteiger partial charge in [0.15, 0.2) is 0 Å². The van der Waals surface area contributed by atoms with Crippen molar-refractivity contribution in [3.63, 3.8) is 0 Å². The molecule has 1 aliphatic rings. The Bertz CT molecular complexity index is 473. The van der Waals surface area contributed by atoms with Crippen molar-refractivity contribution in [1.29, 1.82) is 0 Å². The highest BCUT2D eigenvalue weighted by atomic mass is 16.5. The van der Waals surface area contributed by atoms with Gasteiger partial charge in [-0.3, -0.25) is 4.79 Å². The number of rotatable bonds is 5. The zero-order valence-electron chi connectivity index (χ0n) is 11.9. The number of nitrogens with one attached hydrogen (secondary N) is 2. The molecule has 0 saturated carbocycles. The van der Waals surface area contributed by atoms with E-state index in [0.29, 0.717) is 24.0 Å². The van der Waals surface area contributed by atoms with Gasteiger partial charge in [-0.25, -0.2) is 0 Å². The summed E-state index contributed by atoms with van der Waals surface area (Å²) in [5.74, 6) is 0.520. The summed E-state index contributed by atoms with van der Waals surface area (Å²) in [6, 6.07) is 7.77. The summed E-state index contributed by atoms with van der Waals surface area (Å²) < 4.78 is 5.53. The highest BCUT2D eigenvalue weighted by molar-refractivity contribution is 5.97. The number of piperidine rings is 1. The average molecular weight is 274 g/mol. The molecule has 1 aromatic rings. The lowest BCUT2D eigenvalue weighted by Crippen LogP contribution is -2.51. The minimum absolute atomic E-state index is 0.0785. The van der Waals surface area contributed by atoms with Gasteiger partial charge in [0.2, 0.25) is 0 Å². The number of ether oxygens (including phenoxy) is 1. The van der Waals surface area contributed by atoms with Crippen molar-refractivity contribution in [3.05, 3.63) is 42.5 Å². The Hall–Kier alpha value is -1.81. The van der Waals surface area contributed by atoms with Gasteiger partial charge in [-0.2, -0.15) is 0 Å².